The number of non-ortho nitro benzene ring substituents is 1. The molecule has 2 aromatic rings. The van der Waals surface area contributed by atoms with Crippen LogP contribution in [0.5, 0.6) is 0 Å². The Morgan fingerprint density at radius 1 is 1.55 bits per heavy atom. The van der Waals surface area contributed by atoms with Crippen molar-refractivity contribution in [3.63, 3.8) is 0 Å². The van der Waals surface area contributed by atoms with Gasteiger partial charge in [-0.05, 0) is 19.9 Å². The van der Waals surface area contributed by atoms with Gasteiger partial charge in [0.1, 0.15) is 0 Å². The molecular weight excluding hydrogens is 262 g/mol. The monoisotopic (exact) mass is 277 g/mol. The van der Waals surface area contributed by atoms with Crippen LogP contribution >= 0.6 is 0 Å². The second-order valence-electron chi connectivity index (χ2n) is 5.16. The average molecular weight is 277 g/mol. The zero-order valence-electron chi connectivity index (χ0n) is 11.2. The largest absolute Gasteiger partial charge is 0.294 e. The number of hydrazine groups is 1. The van der Waals surface area contributed by atoms with Gasteiger partial charge in [0, 0.05) is 17.5 Å². The van der Waals surface area contributed by atoms with Gasteiger partial charge >= 0.3 is 0 Å². The van der Waals surface area contributed by atoms with E-state index in [4.69, 9.17) is 5.84 Å². The lowest BCUT2D eigenvalue weighted by Crippen LogP contribution is -2.43. The van der Waals surface area contributed by atoms with Crippen molar-refractivity contribution in [3.05, 3.63) is 34.5 Å². The first-order chi connectivity index (χ1) is 9.35. The van der Waals surface area contributed by atoms with E-state index in [0.29, 0.717) is 5.52 Å². The zero-order valence-corrected chi connectivity index (χ0v) is 11.2. The molecule has 1 aromatic heterocycles. The molecule has 0 aliphatic carbocycles. The number of fused-ring (bicyclic) bond motifs is 1. The summed E-state index contributed by atoms with van der Waals surface area (Å²) >= 11 is 0. The number of nitrogens with zero attached hydrogens (tertiary/aromatic N) is 3. The maximum atomic E-state index is 11.7. The smallest absolute Gasteiger partial charge is 0.271 e. The van der Waals surface area contributed by atoms with Gasteiger partial charge in [0.25, 0.3) is 5.69 Å². The van der Waals surface area contributed by atoms with Crippen LogP contribution in [-0.2, 0) is 11.3 Å². The summed E-state index contributed by atoms with van der Waals surface area (Å²) in [6.07, 6.45) is 1.61. The number of carbonyl (C=O) groups is 1. The second kappa shape index (κ2) is 4.89. The molecule has 1 aromatic carbocycles. The SMILES string of the molecule is CC(C)(Cn1ncc2ccc([N+](=O)[O-])cc21)C(=O)NN. The summed E-state index contributed by atoms with van der Waals surface area (Å²) in [4.78, 5) is 22.0. The van der Waals surface area contributed by atoms with Gasteiger partial charge in [0.05, 0.1) is 28.6 Å². The molecule has 0 aliphatic rings. The van der Waals surface area contributed by atoms with Crippen molar-refractivity contribution in [2.75, 3.05) is 0 Å². The number of hydrogen-bond acceptors (Lipinski definition) is 5. The maximum absolute atomic E-state index is 11.7. The number of aromatic nitrogens is 2. The lowest BCUT2D eigenvalue weighted by atomic mass is 9.92. The van der Waals surface area contributed by atoms with E-state index in [0.717, 1.165) is 5.39 Å². The summed E-state index contributed by atoms with van der Waals surface area (Å²) in [6.45, 7) is 3.71. The number of nitrogens with two attached hydrogens (primary N) is 1. The summed E-state index contributed by atoms with van der Waals surface area (Å²) in [5.41, 5.74) is 1.92. The molecule has 0 saturated heterocycles. The first-order valence-electron chi connectivity index (χ1n) is 5.96. The number of rotatable bonds is 4. The fraction of sp³-hybridized carbons (Fsp3) is 0.333. The Labute approximate surface area is 114 Å². The third kappa shape index (κ3) is 2.45. The minimum Gasteiger partial charge on any atom is -0.294 e. The van der Waals surface area contributed by atoms with E-state index < -0.39 is 10.3 Å². The molecule has 0 radical (unpaired) electrons. The Balaban J connectivity index is 2.42. The van der Waals surface area contributed by atoms with Gasteiger partial charge in [-0.1, -0.05) is 0 Å². The summed E-state index contributed by atoms with van der Waals surface area (Å²) in [7, 11) is 0. The highest BCUT2D eigenvalue weighted by atomic mass is 16.6. The van der Waals surface area contributed by atoms with Crippen LogP contribution in [0, 0.1) is 15.5 Å². The number of benzene rings is 1. The second-order valence-corrected chi connectivity index (χ2v) is 5.16. The van der Waals surface area contributed by atoms with Crippen LogP contribution in [0.4, 0.5) is 5.69 Å². The summed E-state index contributed by atoms with van der Waals surface area (Å²) in [5, 5.41) is 15.8. The van der Waals surface area contributed by atoms with Gasteiger partial charge in [-0.25, -0.2) is 5.84 Å². The minimum atomic E-state index is -0.779. The average Bonchev–Trinajstić information content (AvgIpc) is 2.79. The summed E-state index contributed by atoms with van der Waals surface area (Å²) in [6, 6.07) is 4.50. The van der Waals surface area contributed by atoms with Gasteiger partial charge in [0.2, 0.25) is 5.91 Å². The normalized spacial score (nSPS) is 11.6. The molecule has 106 valence electrons. The van der Waals surface area contributed by atoms with Gasteiger partial charge in [-0.2, -0.15) is 5.10 Å². The third-order valence-corrected chi connectivity index (χ3v) is 3.13. The van der Waals surface area contributed by atoms with Crippen LogP contribution in [0.1, 0.15) is 13.8 Å². The Morgan fingerprint density at radius 2 is 2.25 bits per heavy atom. The lowest BCUT2D eigenvalue weighted by Gasteiger charge is -2.22. The maximum Gasteiger partial charge on any atom is 0.271 e. The number of nitro benzene ring substituents is 1. The molecular formula is C12H15N5O3. The number of nitro groups is 1. The highest BCUT2D eigenvalue weighted by Crippen LogP contribution is 2.24. The van der Waals surface area contributed by atoms with E-state index in [2.05, 4.69) is 10.5 Å². The zero-order chi connectivity index (χ0) is 14.9. The molecule has 0 atom stereocenters. The van der Waals surface area contributed by atoms with Crippen LogP contribution in [-0.4, -0.2) is 20.6 Å². The number of carbonyl (C=O) groups excluding carboxylic acids is 1. The Hall–Kier alpha value is -2.48. The van der Waals surface area contributed by atoms with Crippen LogP contribution < -0.4 is 11.3 Å². The molecule has 1 heterocycles. The third-order valence-electron chi connectivity index (χ3n) is 3.13. The molecule has 1 amide bonds. The molecule has 8 nitrogen and oxygen atoms in total. The summed E-state index contributed by atoms with van der Waals surface area (Å²) < 4.78 is 1.57. The predicted octanol–water partition coefficient (Wildman–Crippen LogP) is 0.961. The van der Waals surface area contributed by atoms with E-state index in [1.54, 1.807) is 30.8 Å². The molecule has 0 spiro atoms. The first-order valence-corrected chi connectivity index (χ1v) is 5.96. The predicted molar refractivity (Wildman–Crippen MR) is 72.5 cm³/mol. The van der Waals surface area contributed by atoms with Crippen LogP contribution in [0.25, 0.3) is 10.9 Å². The van der Waals surface area contributed by atoms with E-state index in [1.165, 1.54) is 12.1 Å². The fourth-order valence-corrected chi connectivity index (χ4v) is 1.94. The number of hydrogen-bond donors (Lipinski definition) is 2. The molecule has 0 saturated carbocycles. The van der Waals surface area contributed by atoms with Gasteiger partial charge in [-0.15, -0.1) is 0 Å². The van der Waals surface area contributed by atoms with Gasteiger partial charge in [0.15, 0.2) is 0 Å². The molecule has 0 fully saturated rings. The highest BCUT2D eigenvalue weighted by Gasteiger charge is 2.28. The molecule has 20 heavy (non-hydrogen) atoms. The van der Waals surface area contributed by atoms with E-state index >= 15 is 0 Å². The van der Waals surface area contributed by atoms with Crippen molar-refractivity contribution in [2.45, 2.75) is 20.4 Å². The Bertz CT molecular complexity index is 677. The first kappa shape index (κ1) is 13.9. The van der Waals surface area contributed by atoms with E-state index in [9.17, 15) is 14.9 Å². The molecule has 0 aliphatic heterocycles. The Kier molecular flexibility index (Phi) is 3.41. The van der Waals surface area contributed by atoms with Crippen molar-refractivity contribution >= 4 is 22.5 Å². The molecule has 8 heteroatoms. The lowest BCUT2D eigenvalue weighted by molar-refractivity contribution is -0.384. The van der Waals surface area contributed by atoms with Crippen LogP contribution in [0.3, 0.4) is 0 Å². The summed E-state index contributed by atoms with van der Waals surface area (Å²) in [5.74, 6) is 4.82. The van der Waals surface area contributed by atoms with Crippen LogP contribution in [0.15, 0.2) is 24.4 Å². The van der Waals surface area contributed by atoms with Crippen molar-refractivity contribution in [1.29, 1.82) is 0 Å². The molecule has 2 rings (SSSR count). The molecule has 0 unspecified atom stereocenters. The van der Waals surface area contributed by atoms with E-state index in [-0.39, 0.29) is 18.1 Å². The van der Waals surface area contributed by atoms with Crippen molar-refractivity contribution in [1.82, 2.24) is 15.2 Å². The number of nitrogens with one attached hydrogen (secondary N) is 1. The molecule has 0 bridgehead atoms. The van der Waals surface area contributed by atoms with Crippen molar-refractivity contribution in [3.8, 4) is 0 Å². The van der Waals surface area contributed by atoms with E-state index in [1.807, 2.05) is 0 Å². The quantitative estimate of drug-likeness (QED) is 0.373. The topological polar surface area (TPSA) is 116 Å². The highest BCUT2D eigenvalue weighted by molar-refractivity contribution is 5.83. The fourth-order valence-electron chi connectivity index (χ4n) is 1.94. The minimum absolute atomic E-state index is 0.0136. The molecule has 3 N–H and O–H groups in total. The Morgan fingerprint density at radius 3 is 2.85 bits per heavy atom. The van der Waals surface area contributed by atoms with Crippen LogP contribution in [0.2, 0.25) is 0 Å². The van der Waals surface area contributed by atoms with Gasteiger partial charge < -0.3 is 0 Å². The van der Waals surface area contributed by atoms with Crippen molar-refractivity contribution < 1.29 is 9.72 Å². The number of amides is 1. The van der Waals surface area contributed by atoms with Gasteiger partial charge in [-0.3, -0.25) is 25.0 Å². The van der Waals surface area contributed by atoms with Crippen molar-refractivity contribution in [2.24, 2.45) is 11.3 Å². The standard InChI is InChI=1S/C12H15N5O3/c1-12(2,11(18)15-13)7-16-10-5-9(17(19)20)4-3-8(10)6-14-16/h3-6H,7,13H2,1-2H3,(H,15,18).